The average Bonchev–Trinajstić information content (AvgIpc) is 3.68. The Hall–Kier alpha value is -2.69. The van der Waals surface area contributed by atoms with Gasteiger partial charge >= 0.3 is 5.97 Å². The lowest BCUT2D eigenvalue weighted by Gasteiger charge is -2.37. The van der Waals surface area contributed by atoms with Crippen LogP contribution in [0.15, 0.2) is 24.3 Å². The van der Waals surface area contributed by atoms with E-state index in [9.17, 15) is 18.8 Å². The average molecular weight is 633 g/mol. The number of halogens is 2. The molecular weight excluding hydrogens is 587 g/mol. The van der Waals surface area contributed by atoms with Gasteiger partial charge < -0.3 is 25.4 Å². The molecule has 2 saturated carbocycles. The van der Waals surface area contributed by atoms with Crippen molar-refractivity contribution in [3.05, 3.63) is 30.0 Å². The smallest absolute Gasteiger partial charge is 0.357 e. The fourth-order valence-electron chi connectivity index (χ4n) is 8.36. The Morgan fingerprint density at radius 2 is 1.80 bits per heavy atom. The van der Waals surface area contributed by atoms with Crippen molar-refractivity contribution < 1.29 is 28.2 Å². The number of fused-ring (bicyclic) bond motifs is 3. The molecule has 44 heavy (non-hydrogen) atoms. The Bertz CT molecular complexity index is 1380. The minimum atomic E-state index is -0.783. The van der Waals surface area contributed by atoms with E-state index in [0.29, 0.717) is 36.7 Å². The summed E-state index contributed by atoms with van der Waals surface area (Å²) in [7, 11) is 1.76. The summed E-state index contributed by atoms with van der Waals surface area (Å²) in [6.07, 6.45) is 7.79. The predicted molar refractivity (Wildman–Crippen MR) is 168 cm³/mol. The Kier molecular flexibility index (Phi) is 9.64. The second kappa shape index (κ2) is 13.0. The lowest BCUT2D eigenvalue weighted by atomic mass is 9.75. The van der Waals surface area contributed by atoms with E-state index in [1.165, 1.54) is 0 Å². The molecule has 0 bridgehead atoms. The fourth-order valence-corrected chi connectivity index (χ4v) is 8.36. The number of carbonyl (C=O) groups excluding carboxylic acids is 3. The van der Waals surface area contributed by atoms with Gasteiger partial charge in [-0.2, -0.15) is 0 Å². The maximum absolute atomic E-state index is 14.1. The maximum Gasteiger partial charge on any atom is 0.357 e. The van der Waals surface area contributed by atoms with Gasteiger partial charge in [0.15, 0.2) is 5.72 Å². The quantitative estimate of drug-likeness (QED) is 0.396. The highest BCUT2D eigenvalue weighted by Crippen LogP contribution is 2.42. The second-order valence-corrected chi connectivity index (χ2v) is 13.6. The Labute approximate surface area is 264 Å². The van der Waals surface area contributed by atoms with Crippen molar-refractivity contribution in [1.82, 2.24) is 9.47 Å². The van der Waals surface area contributed by atoms with Crippen LogP contribution in [0.2, 0.25) is 0 Å². The zero-order valence-electron chi connectivity index (χ0n) is 25.9. The number of nitrogens with two attached hydrogens (primary N) is 1. The van der Waals surface area contributed by atoms with Crippen molar-refractivity contribution in [1.29, 1.82) is 0 Å². The summed E-state index contributed by atoms with van der Waals surface area (Å²) in [6, 6.07) is 6.42. The summed E-state index contributed by atoms with van der Waals surface area (Å²) in [5.41, 5.74) is 7.17. The highest BCUT2D eigenvalue weighted by atomic mass is 35.5. The number of aromatic nitrogens is 1. The number of carbonyl (C=O) groups is 3. The first kappa shape index (κ1) is 32.7. The molecule has 2 amide bonds. The summed E-state index contributed by atoms with van der Waals surface area (Å²) in [4.78, 5) is 42.4. The van der Waals surface area contributed by atoms with Crippen LogP contribution in [0, 0.1) is 23.7 Å². The van der Waals surface area contributed by atoms with Crippen molar-refractivity contribution in [3.8, 4) is 0 Å². The summed E-state index contributed by atoms with van der Waals surface area (Å²) >= 11 is 0. The molecule has 0 radical (unpaired) electrons. The van der Waals surface area contributed by atoms with E-state index in [-0.39, 0.29) is 54.0 Å². The molecule has 242 valence electrons. The summed E-state index contributed by atoms with van der Waals surface area (Å²) < 4.78 is 26.2. The highest BCUT2D eigenvalue weighted by molar-refractivity contribution is 6.02. The molecule has 1 aromatic carbocycles. The van der Waals surface area contributed by atoms with Crippen LogP contribution in [0.25, 0.3) is 10.9 Å². The number of ether oxygens (including phenoxy) is 2. The van der Waals surface area contributed by atoms with Gasteiger partial charge in [-0.15, -0.1) is 12.4 Å². The van der Waals surface area contributed by atoms with E-state index in [1.807, 2.05) is 41.5 Å². The van der Waals surface area contributed by atoms with Crippen LogP contribution in [-0.2, 0) is 24.8 Å². The highest BCUT2D eigenvalue weighted by Gasteiger charge is 2.47. The molecule has 0 unspecified atom stereocenters. The molecule has 1 saturated heterocycles. The van der Waals surface area contributed by atoms with Gasteiger partial charge in [-0.25, -0.2) is 9.18 Å². The first-order valence-electron chi connectivity index (χ1n) is 16.0. The first-order valence-corrected chi connectivity index (χ1v) is 16.0. The molecule has 3 fully saturated rings. The lowest BCUT2D eigenvalue weighted by molar-refractivity contribution is -0.142. The monoisotopic (exact) mass is 632 g/mol. The third kappa shape index (κ3) is 5.97. The van der Waals surface area contributed by atoms with Crippen molar-refractivity contribution in [3.63, 3.8) is 0 Å². The van der Waals surface area contributed by atoms with Crippen LogP contribution in [0.5, 0.6) is 0 Å². The minimum absolute atomic E-state index is 0. The number of rotatable bonds is 7. The summed E-state index contributed by atoms with van der Waals surface area (Å²) in [6.45, 7) is 3.73. The molecule has 3 N–H and O–H groups in total. The van der Waals surface area contributed by atoms with Crippen molar-refractivity contribution in [2.24, 2.45) is 29.4 Å². The molecule has 2 aliphatic carbocycles. The van der Waals surface area contributed by atoms with E-state index >= 15 is 0 Å². The van der Waals surface area contributed by atoms with Gasteiger partial charge in [-0.1, -0.05) is 0 Å². The Morgan fingerprint density at radius 3 is 2.45 bits per heavy atom. The second-order valence-electron chi connectivity index (χ2n) is 13.6. The molecular formula is C33H46ClFN4O5. The molecule has 6 rings (SSSR count). The number of methoxy groups -OCH3 is 1. The van der Waals surface area contributed by atoms with Crippen LogP contribution < -0.4 is 11.1 Å². The summed E-state index contributed by atoms with van der Waals surface area (Å²) in [5.74, 6) is -0.111. The molecule has 9 nitrogen and oxygen atoms in total. The van der Waals surface area contributed by atoms with Gasteiger partial charge in [0.2, 0.25) is 11.8 Å². The van der Waals surface area contributed by atoms with Crippen molar-refractivity contribution >= 4 is 46.8 Å². The fraction of sp³-hybridized carbons (Fsp3) is 0.667. The van der Waals surface area contributed by atoms with E-state index in [2.05, 4.69) is 5.32 Å². The number of alkyl halides is 1. The van der Waals surface area contributed by atoms with E-state index in [4.69, 9.17) is 15.2 Å². The van der Waals surface area contributed by atoms with Crippen LogP contribution in [0.1, 0.15) is 82.1 Å². The van der Waals surface area contributed by atoms with Crippen LogP contribution in [-0.4, -0.2) is 65.8 Å². The number of cyclic esters (lactones) is 1. The van der Waals surface area contributed by atoms with Gasteiger partial charge in [0.1, 0.15) is 18.4 Å². The molecule has 3 heterocycles. The van der Waals surface area contributed by atoms with E-state index < -0.39 is 24.5 Å². The number of esters is 1. The van der Waals surface area contributed by atoms with Crippen molar-refractivity contribution in [2.75, 3.05) is 25.6 Å². The maximum atomic E-state index is 14.1. The van der Waals surface area contributed by atoms with Gasteiger partial charge in [0, 0.05) is 36.7 Å². The zero-order chi connectivity index (χ0) is 30.5. The van der Waals surface area contributed by atoms with Gasteiger partial charge in [0.05, 0.1) is 11.6 Å². The number of nitrogens with one attached hydrogen (secondary N) is 1. The lowest BCUT2D eigenvalue weighted by Crippen LogP contribution is -2.50. The largest absolute Gasteiger partial charge is 0.434 e. The number of nitrogens with zero attached hydrogens (tertiary/aromatic N) is 2. The normalized spacial score (nSPS) is 30.4. The molecule has 4 aliphatic rings. The van der Waals surface area contributed by atoms with Crippen LogP contribution in [0.4, 0.5) is 10.1 Å². The van der Waals surface area contributed by atoms with E-state index in [1.54, 1.807) is 13.2 Å². The third-order valence-electron chi connectivity index (χ3n) is 10.7. The number of likely N-dealkylation sites (tertiary alicyclic amines) is 1. The number of amides is 2. The molecule has 1 aromatic heterocycles. The Balaban J connectivity index is 0.00000384. The first-order chi connectivity index (χ1) is 20.6. The number of hydrogen-bond acceptors (Lipinski definition) is 6. The van der Waals surface area contributed by atoms with Gasteiger partial charge in [-0.3, -0.25) is 14.2 Å². The van der Waals surface area contributed by atoms with Crippen molar-refractivity contribution in [2.45, 2.75) is 95.5 Å². The van der Waals surface area contributed by atoms with E-state index in [0.717, 1.165) is 55.8 Å². The number of benzene rings is 1. The SMILES string of the molecule is CO[C@H]1CC[C@H]([C@@H]2CCN(C(=O)[C@H]3CC[C@H]([C@H](N)CF)CC3)[C@@H]2C(=O)Nc2ccc3c(c2)cc2n3C(C)(C)OC2=O)CC1.Cl. The molecule has 3 atom stereocenters. The zero-order valence-corrected chi connectivity index (χ0v) is 26.7. The van der Waals surface area contributed by atoms with Gasteiger partial charge in [0.25, 0.3) is 0 Å². The molecule has 2 aromatic rings. The molecule has 11 heteroatoms. The van der Waals surface area contributed by atoms with Crippen LogP contribution >= 0.6 is 12.4 Å². The van der Waals surface area contributed by atoms with Gasteiger partial charge in [-0.05, 0) is 114 Å². The predicted octanol–water partition coefficient (Wildman–Crippen LogP) is 5.39. The summed E-state index contributed by atoms with van der Waals surface area (Å²) in [5, 5.41) is 3.98. The standard InChI is InChI=1S/C33H45FN4O5.ClH/c1-33(2)38-27-13-10-23(16-22(27)17-28(38)32(41)43-33)36-30(39)29-25(19-8-11-24(42-3)12-9-19)14-15-37(29)31(40)21-6-4-20(5-7-21)26(35)18-34;/h10,13,16-17,19-21,24-26,29H,4-9,11-12,14-15,18,35H2,1-3H3,(H,36,39);1H/t19-,20-,21-,24-,25-,26+,29-;/m0./s1. The number of hydrogen-bond donors (Lipinski definition) is 2. The van der Waals surface area contributed by atoms with Crippen LogP contribution in [0.3, 0.4) is 0 Å². The minimum Gasteiger partial charge on any atom is -0.434 e. The third-order valence-corrected chi connectivity index (χ3v) is 10.7. The number of anilines is 1. The Morgan fingerprint density at radius 1 is 1.09 bits per heavy atom. The topological polar surface area (TPSA) is 116 Å². The molecule has 2 aliphatic heterocycles. The molecule has 0 spiro atoms.